The van der Waals surface area contributed by atoms with Crippen molar-refractivity contribution < 1.29 is 29.9 Å². The Morgan fingerprint density at radius 1 is 0.537 bits per heavy atom. The van der Waals surface area contributed by atoms with Crippen molar-refractivity contribution in [2.24, 2.45) is 22.9 Å². The summed E-state index contributed by atoms with van der Waals surface area (Å²) in [5.41, 5.74) is 30.1. The van der Waals surface area contributed by atoms with Crippen molar-refractivity contribution in [3.8, 4) is 11.1 Å². The van der Waals surface area contributed by atoms with Gasteiger partial charge in [-0.1, -0.05) is 59.0 Å². The van der Waals surface area contributed by atoms with Gasteiger partial charge in [0.2, 0.25) is 0 Å². The SMILES string of the molecule is N[C@@H]1C[C@H](N)[C@@H](OCCCCc2cn(Cc3ccc(-c4ccc(Cn5cc(CCCCO[C@H]6[C@H](O)[C@@H](O)[C@H](N)C[C@@H]6N)nn5)cc4)cc3)nn2)[C@H](O)[C@H]1O. The number of aryl methyl sites for hydroxylation is 2. The molecule has 4 aromatic rings. The van der Waals surface area contributed by atoms with Crippen LogP contribution in [0.1, 0.15) is 61.0 Å². The second kappa shape index (κ2) is 18.8. The molecule has 16 heteroatoms. The maximum Gasteiger partial charge on any atom is 0.109 e. The van der Waals surface area contributed by atoms with E-state index < -0.39 is 60.8 Å². The zero-order valence-corrected chi connectivity index (χ0v) is 30.6. The minimum Gasteiger partial charge on any atom is -0.389 e. The first-order valence-electron chi connectivity index (χ1n) is 19.0. The zero-order valence-electron chi connectivity index (χ0n) is 30.6. The van der Waals surface area contributed by atoms with E-state index in [1.165, 1.54) is 0 Å². The number of nitrogens with two attached hydrogens (primary N) is 4. The summed E-state index contributed by atoms with van der Waals surface area (Å²) in [6.45, 7) is 2.09. The van der Waals surface area contributed by atoms with Crippen LogP contribution in [0.2, 0.25) is 0 Å². The Morgan fingerprint density at radius 3 is 1.31 bits per heavy atom. The molecule has 2 aliphatic carbocycles. The van der Waals surface area contributed by atoms with Crippen molar-refractivity contribution in [1.82, 2.24) is 30.0 Å². The van der Waals surface area contributed by atoms with Crippen LogP contribution in [-0.2, 0) is 35.4 Å². The van der Waals surface area contributed by atoms with E-state index in [1.54, 1.807) is 0 Å². The smallest absolute Gasteiger partial charge is 0.109 e. The summed E-state index contributed by atoms with van der Waals surface area (Å²) < 4.78 is 15.3. The molecule has 0 saturated heterocycles. The minimum absolute atomic E-state index is 0.403. The Kier molecular flexibility index (Phi) is 13.9. The molecule has 2 aliphatic rings. The lowest BCUT2D eigenvalue weighted by molar-refractivity contribution is -0.127. The Bertz CT molecular complexity index is 1600. The average molecular weight is 749 g/mol. The van der Waals surface area contributed by atoms with Gasteiger partial charge in [-0.3, -0.25) is 0 Å². The van der Waals surface area contributed by atoms with E-state index >= 15 is 0 Å². The molecular formula is C38H56N10O6. The summed E-state index contributed by atoms with van der Waals surface area (Å²) >= 11 is 0. The zero-order chi connectivity index (χ0) is 38.2. The van der Waals surface area contributed by atoms with Crippen LogP contribution in [0.5, 0.6) is 0 Å². The number of hydrogen-bond donors (Lipinski definition) is 8. The Balaban J connectivity index is 0.881. The van der Waals surface area contributed by atoms with Gasteiger partial charge in [0.25, 0.3) is 0 Å². The minimum atomic E-state index is -1.08. The molecule has 0 radical (unpaired) electrons. The highest BCUT2D eigenvalue weighted by Gasteiger charge is 2.42. The number of aliphatic hydroxyl groups excluding tert-OH is 4. The van der Waals surface area contributed by atoms with Gasteiger partial charge >= 0.3 is 0 Å². The fourth-order valence-corrected chi connectivity index (χ4v) is 7.32. The summed E-state index contributed by atoms with van der Waals surface area (Å²) in [6, 6.07) is 15.0. The van der Waals surface area contributed by atoms with E-state index in [9.17, 15) is 20.4 Å². The van der Waals surface area contributed by atoms with E-state index in [-0.39, 0.29) is 0 Å². The topological polar surface area (TPSA) is 265 Å². The number of aromatic nitrogens is 6. The first kappa shape index (κ1) is 40.0. The van der Waals surface area contributed by atoms with Crippen molar-refractivity contribution in [3.63, 3.8) is 0 Å². The molecular weight excluding hydrogens is 692 g/mol. The quantitative estimate of drug-likeness (QED) is 0.0640. The predicted molar refractivity (Wildman–Crippen MR) is 201 cm³/mol. The van der Waals surface area contributed by atoms with Crippen molar-refractivity contribution in [1.29, 1.82) is 0 Å². The normalized spacial score (nSPS) is 28.7. The summed E-state index contributed by atoms with van der Waals surface area (Å²) in [4.78, 5) is 0. The molecule has 2 fully saturated rings. The Morgan fingerprint density at radius 2 is 0.926 bits per heavy atom. The maximum atomic E-state index is 10.3. The maximum absolute atomic E-state index is 10.3. The Hall–Kier alpha value is -3.68. The highest BCUT2D eigenvalue weighted by molar-refractivity contribution is 5.64. The molecule has 0 spiro atoms. The monoisotopic (exact) mass is 748 g/mol. The number of benzene rings is 2. The molecule has 16 nitrogen and oxygen atoms in total. The van der Waals surface area contributed by atoms with Crippen LogP contribution >= 0.6 is 0 Å². The van der Waals surface area contributed by atoms with E-state index in [2.05, 4.69) is 69.2 Å². The third-order valence-electron chi connectivity index (χ3n) is 10.6. The van der Waals surface area contributed by atoms with E-state index in [0.717, 1.165) is 72.2 Å². The fraction of sp³-hybridized carbons (Fsp3) is 0.579. The van der Waals surface area contributed by atoms with Crippen LogP contribution < -0.4 is 22.9 Å². The fourth-order valence-electron chi connectivity index (χ4n) is 7.32. The summed E-state index contributed by atoms with van der Waals surface area (Å²) in [6.07, 6.45) is 4.03. The molecule has 6 rings (SSSR count). The van der Waals surface area contributed by atoms with Crippen molar-refractivity contribution in [2.75, 3.05) is 13.2 Å². The van der Waals surface area contributed by atoms with Crippen LogP contribution in [-0.4, -0.2) is 124 Å². The largest absolute Gasteiger partial charge is 0.389 e. The number of hydrogen-bond acceptors (Lipinski definition) is 14. The van der Waals surface area contributed by atoms with Crippen LogP contribution in [0.25, 0.3) is 11.1 Å². The molecule has 2 aromatic heterocycles. The van der Waals surface area contributed by atoms with Crippen LogP contribution in [0.15, 0.2) is 60.9 Å². The molecule has 0 aliphatic heterocycles. The third kappa shape index (κ3) is 10.3. The number of unbranched alkanes of at least 4 members (excludes halogenated alkanes) is 2. The second-order valence-electron chi connectivity index (χ2n) is 14.9. The first-order chi connectivity index (χ1) is 26.0. The van der Waals surface area contributed by atoms with Crippen molar-refractivity contribution in [2.45, 2.75) is 125 Å². The van der Waals surface area contributed by atoms with Crippen molar-refractivity contribution in [3.05, 3.63) is 83.4 Å². The van der Waals surface area contributed by atoms with E-state index in [0.29, 0.717) is 39.1 Å². The molecule has 2 aromatic carbocycles. The summed E-state index contributed by atoms with van der Waals surface area (Å²) in [7, 11) is 0. The predicted octanol–water partition coefficient (Wildman–Crippen LogP) is -0.391. The molecule has 54 heavy (non-hydrogen) atoms. The molecule has 2 heterocycles. The number of aliphatic hydroxyl groups is 4. The van der Waals surface area contributed by atoms with Gasteiger partial charge in [-0.05, 0) is 73.6 Å². The van der Waals surface area contributed by atoms with E-state index in [4.69, 9.17) is 32.4 Å². The standard InChI is InChI=1S/C38H56N10O6/c39-29-17-31(41)37(35(51)33(29)49)53-15-3-1-5-27-21-47(45-43-27)19-23-7-11-25(12-8-23)26-13-9-24(10-14-26)20-48-22-28(44-46-48)6-2-4-16-54-38-32(42)18-30(40)34(50)36(38)52/h7-14,21-22,29-38,49-52H,1-6,15-20,39-42H2/t29-,30-,31+,32+,33+,34+,35-,36-,37-,38-/m1/s1. The molecule has 0 amide bonds. The molecule has 0 unspecified atom stereocenters. The number of nitrogens with zero attached hydrogens (tertiary/aromatic N) is 6. The molecule has 10 atom stereocenters. The number of ether oxygens (including phenoxy) is 2. The molecule has 294 valence electrons. The van der Waals surface area contributed by atoms with Gasteiger partial charge in [-0.15, -0.1) is 10.2 Å². The van der Waals surface area contributed by atoms with Crippen LogP contribution in [0.4, 0.5) is 0 Å². The lowest BCUT2D eigenvalue weighted by Gasteiger charge is -2.39. The summed E-state index contributed by atoms with van der Waals surface area (Å²) in [5, 5.41) is 57.8. The lowest BCUT2D eigenvalue weighted by Crippen LogP contribution is -2.62. The summed E-state index contributed by atoms with van der Waals surface area (Å²) in [5.74, 6) is 0. The molecule has 0 bridgehead atoms. The van der Waals surface area contributed by atoms with Crippen LogP contribution in [0.3, 0.4) is 0 Å². The lowest BCUT2D eigenvalue weighted by atomic mass is 9.85. The van der Waals surface area contributed by atoms with Gasteiger partial charge < -0.3 is 52.8 Å². The second-order valence-corrected chi connectivity index (χ2v) is 14.9. The van der Waals surface area contributed by atoms with Crippen molar-refractivity contribution >= 4 is 0 Å². The molecule has 12 N–H and O–H groups in total. The number of rotatable bonds is 17. The van der Waals surface area contributed by atoms with Gasteiger partial charge in [0.05, 0.1) is 36.7 Å². The van der Waals surface area contributed by atoms with E-state index in [1.807, 2.05) is 21.8 Å². The van der Waals surface area contributed by atoms with Gasteiger partial charge in [0.1, 0.15) is 24.4 Å². The first-order valence-corrected chi connectivity index (χ1v) is 19.0. The van der Waals surface area contributed by atoms with Gasteiger partial charge in [-0.2, -0.15) is 0 Å². The Labute approximate surface area is 315 Å². The van der Waals surface area contributed by atoms with Crippen LogP contribution in [0, 0.1) is 0 Å². The highest BCUT2D eigenvalue weighted by atomic mass is 16.5. The van der Waals surface area contributed by atoms with Gasteiger partial charge in [0, 0.05) is 49.8 Å². The third-order valence-corrected chi connectivity index (χ3v) is 10.6. The highest BCUT2D eigenvalue weighted by Crippen LogP contribution is 2.24. The average Bonchev–Trinajstić information content (AvgIpc) is 3.81. The van der Waals surface area contributed by atoms with Gasteiger partial charge in [0.15, 0.2) is 0 Å². The molecule has 2 saturated carbocycles. The van der Waals surface area contributed by atoms with Gasteiger partial charge in [-0.25, -0.2) is 9.36 Å².